The first-order valence-electron chi connectivity index (χ1n) is 6.43. The van der Waals surface area contributed by atoms with Crippen LogP contribution in [-0.4, -0.2) is 32.1 Å². The molecule has 0 amide bonds. The van der Waals surface area contributed by atoms with Gasteiger partial charge in [-0.1, -0.05) is 13.8 Å². The highest BCUT2D eigenvalue weighted by Gasteiger charge is 2.13. The summed E-state index contributed by atoms with van der Waals surface area (Å²) >= 11 is 3.37. The molecule has 2 aromatic rings. The van der Waals surface area contributed by atoms with E-state index in [9.17, 15) is 0 Å². The van der Waals surface area contributed by atoms with Crippen LogP contribution in [0.2, 0.25) is 0 Å². The summed E-state index contributed by atoms with van der Waals surface area (Å²) in [6, 6.07) is 0.306. The van der Waals surface area contributed by atoms with Crippen LogP contribution in [0.15, 0.2) is 23.2 Å². The molecule has 0 aliphatic carbocycles. The second-order valence-corrected chi connectivity index (χ2v) is 5.74. The van der Waals surface area contributed by atoms with Gasteiger partial charge in [-0.15, -0.1) is 0 Å². The number of aliphatic hydroxyl groups excluding tert-OH is 1. The second-order valence-electron chi connectivity index (χ2n) is 4.93. The first-order valence-corrected chi connectivity index (χ1v) is 7.23. The summed E-state index contributed by atoms with van der Waals surface area (Å²) in [7, 11) is 0. The molecule has 0 saturated carbocycles. The van der Waals surface area contributed by atoms with Crippen molar-refractivity contribution in [3.8, 4) is 0 Å². The summed E-state index contributed by atoms with van der Waals surface area (Å²) in [4.78, 5) is 8.47. The van der Waals surface area contributed by atoms with E-state index in [-0.39, 0.29) is 6.61 Å². The lowest BCUT2D eigenvalue weighted by atomic mass is 10.0. The summed E-state index contributed by atoms with van der Waals surface area (Å²) in [5.41, 5.74) is 1.92. The topological polar surface area (TPSA) is 62.5 Å². The van der Waals surface area contributed by atoms with Crippen molar-refractivity contribution in [3.05, 3.63) is 28.9 Å². The molecule has 0 spiro atoms. The van der Waals surface area contributed by atoms with Crippen molar-refractivity contribution in [2.45, 2.75) is 32.9 Å². The Hall–Kier alpha value is -0.980. The number of aliphatic hydroxyl groups is 1. The van der Waals surface area contributed by atoms with Gasteiger partial charge >= 0.3 is 0 Å². The minimum atomic E-state index is 0.207. The van der Waals surface area contributed by atoms with E-state index >= 15 is 0 Å². The van der Waals surface area contributed by atoms with Crippen LogP contribution in [0, 0.1) is 5.92 Å². The zero-order valence-corrected chi connectivity index (χ0v) is 12.8. The normalized spacial score (nSPS) is 13.3. The highest BCUT2D eigenvalue weighted by atomic mass is 79.9. The molecule has 0 fully saturated rings. The minimum Gasteiger partial charge on any atom is -0.396 e. The fourth-order valence-corrected chi connectivity index (χ4v) is 2.40. The molecule has 0 radical (unpaired) electrons. The Kier molecular flexibility index (Phi) is 4.90. The van der Waals surface area contributed by atoms with Crippen LogP contribution in [0.3, 0.4) is 0 Å². The number of fused-ring (bicyclic) bond motifs is 1. The lowest BCUT2D eigenvalue weighted by molar-refractivity contribution is 0.243. The van der Waals surface area contributed by atoms with Crippen LogP contribution in [0.1, 0.15) is 26.0 Å². The summed E-state index contributed by atoms with van der Waals surface area (Å²) in [5, 5.41) is 12.6. The zero-order chi connectivity index (χ0) is 13.8. The van der Waals surface area contributed by atoms with Crippen LogP contribution in [0.25, 0.3) is 5.65 Å². The Morgan fingerprint density at radius 3 is 2.84 bits per heavy atom. The van der Waals surface area contributed by atoms with Crippen molar-refractivity contribution in [1.82, 2.24) is 19.7 Å². The van der Waals surface area contributed by atoms with Gasteiger partial charge < -0.3 is 10.4 Å². The number of nitrogens with zero attached hydrogens (tertiary/aromatic N) is 3. The molecule has 2 heterocycles. The van der Waals surface area contributed by atoms with Crippen molar-refractivity contribution in [1.29, 1.82) is 0 Å². The molecule has 1 unspecified atom stereocenters. The highest BCUT2D eigenvalue weighted by molar-refractivity contribution is 9.10. The number of imidazole rings is 1. The number of hydrogen-bond donors (Lipinski definition) is 2. The maximum atomic E-state index is 9.08. The average Bonchev–Trinajstić information content (AvgIpc) is 2.76. The van der Waals surface area contributed by atoms with Gasteiger partial charge in [-0.25, -0.2) is 9.97 Å². The SMILES string of the molecule is CC(C)C(CCO)NCc1cnc2cnc(Br)cn12. The van der Waals surface area contributed by atoms with E-state index in [4.69, 9.17) is 5.11 Å². The maximum absolute atomic E-state index is 9.08. The molecule has 2 N–H and O–H groups in total. The Bertz CT molecular complexity index is 540. The molecule has 5 nitrogen and oxygen atoms in total. The number of hydrogen-bond acceptors (Lipinski definition) is 4. The van der Waals surface area contributed by atoms with E-state index in [1.807, 2.05) is 16.8 Å². The summed E-state index contributed by atoms with van der Waals surface area (Å²) in [6.07, 6.45) is 6.27. The van der Waals surface area contributed by atoms with Crippen molar-refractivity contribution >= 4 is 21.6 Å². The van der Waals surface area contributed by atoms with E-state index in [0.717, 1.165) is 28.9 Å². The molecule has 19 heavy (non-hydrogen) atoms. The van der Waals surface area contributed by atoms with Gasteiger partial charge in [0.2, 0.25) is 0 Å². The predicted molar refractivity (Wildman–Crippen MR) is 77.9 cm³/mol. The lowest BCUT2D eigenvalue weighted by Crippen LogP contribution is -2.34. The van der Waals surface area contributed by atoms with E-state index < -0.39 is 0 Å². The van der Waals surface area contributed by atoms with E-state index in [1.54, 1.807) is 6.20 Å². The molecule has 6 heteroatoms. The molecule has 0 bridgehead atoms. The van der Waals surface area contributed by atoms with Crippen molar-refractivity contribution in [2.75, 3.05) is 6.61 Å². The third kappa shape index (κ3) is 3.52. The molecule has 0 saturated heterocycles. The predicted octanol–water partition coefficient (Wildman–Crippen LogP) is 1.99. The van der Waals surface area contributed by atoms with Gasteiger partial charge in [-0.2, -0.15) is 0 Å². The van der Waals surface area contributed by atoms with E-state index in [1.165, 1.54) is 0 Å². The molecular weight excluding hydrogens is 308 g/mol. The molecule has 2 aromatic heterocycles. The average molecular weight is 327 g/mol. The van der Waals surface area contributed by atoms with Crippen LogP contribution in [0.4, 0.5) is 0 Å². The van der Waals surface area contributed by atoms with Crippen molar-refractivity contribution in [3.63, 3.8) is 0 Å². The highest BCUT2D eigenvalue weighted by Crippen LogP contribution is 2.12. The van der Waals surface area contributed by atoms with Gasteiger partial charge in [0.1, 0.15) is 4.60 Å². The largest absolute Gasteiger partial charge is 0.396 e. The van der Waals surface area contributed by atoms with Gasteiger partial charge in [0.05, 0.1) is 18.1 Å². The first kappa shape index (κ1) is 14.4. The standard InChI is InChI=1S/C13H19BrN4O/c1-9(2)11(3-4-19)15-5-10-6-17-13-7-16-12(14)8-18(10)13/h6-9,11,15,19H,3-5H2,1-2H3. The fraction of sp³-hybridized carbons (Fsp3) is 0.538. The molecule has 0 aliphatic heterocycles. The summed E-state index contributed by atoms with van der Waals surface area (Å²) < 4.78 is 2.80. The number of aromatic nitrogens is 3. The quantitative estimate of drug-likeness (QED) is 0.852. The van der Waals surface area contributed by atoms with Crippen LogP contribution in [0.5, 0.6) is 0 Å². The van der Waals surface area contributed by atoms with Crippen LogP contribution < -0.4 is 5.32 Å². The van der Waals surface area contributed by atoms with E-state index in [2.05, 4.69) is 45.1 Å². The molecular formula is C13H19BrN4O. The second kappa shape index (κ2) is 6.45. The Morgan fingerprint density at radius 1 is 1.37 bits per heavy atom. The molecule has 2 rings (SSSR count). The molecule has 0 aliphatic rings. The Morgan fingerprint density at radius 2 is 2.16 bits per heavy atom. The van der Waals surface area contributed by atoms with Crippen molar-refractivity contribution < 1.29 is 5.11 Å². The lowest BCUT2D eigenvalue weighted by Gasteiger charge is -2.21. The third-order valence-electron chi connectivity index (χ3n) is 3.23. The van der Waals surface area contributed by atoms with Gasteiger partial charge in [-0.05, 0) is 28.3 Å². The van der Waals surface area contributed by atoms with Gasteiger partial charge in [0.15, 0.2) is 5.65 Å². The fourth-order valence-electron chi connectivity index (χ4n) is 2.09. The van der Waals surface area contributed by atoms with Gasteiger partial charge in [0.25, 0.3) is 0 Å². The van der Waals surface area contributed by atoms with Crippen LogP contribution >= 0.6 is 15.9 Å². The maximum Gasteiger partial charge on any atom is 0.155 e. The minimum absolute atomic E-state index is 0.207. The molecule has 0 aromatic carbocycles. The van der Waals surface area contributed by atoms with E-state index in [0.29, 0.717) is 12.0 Å². The summed E-state index contributed by atoms with van der Waals surface area (Å²) in [6.45, 7) is 5.24. The monoisotopic (exact) mass is 326 g/mol. The smallest absolute Gasteiger partial charge is 0.155 e. The molecule has 1 atom stereocenters. The third-order valence-corrected chi connectivity index (χ3v) is 3.64. The first-order chi connectivity index (χ1) is 9.11. The summed E-state index contributed by atoms with van der Waals surface area (Å²) in [5.74, 6) is 0.486. The van der Waals surface area contributed by atoms with Crippen LogP contribution in [-0.2, 0) is 6.54 Å². The Labute approximate surface area is 121 Å². The zero-order valence-electron chi connectivity index (χ0n) is 11.2. The van der Waals surface area contributed by atoms with Gasteiger partial charge in [0, 0.05) is 25.4 Å². The number of rotatable bonds is 6. The number of nitrogens with one attached hydrogen (secondary N) is 1. The Balaban J connectivity index is 2.10. The van der Waals surface area contributed by atoms with Gasteiger partial charge in [-0.3, -0.25) is 4.40 Å². The molecule has 104 valence electrons. The van der Waals surface area contributed by atoms with Crippen molar-refractivity contribution in [2.24, 2.45) is 5.92 Å². The number of halogens is 1.